The van der Waals surface area contributed by atoms with E-state index in [1.54, 1.807) is 24.3 Å². The molecule has 4 aromatic carbocycles. The fourth-order valence-electron chi connectivity index (χ4n) is 2.49. The summed E-state index contributed by atoms with van der Waals surface area (Å²) < 4.78 is 27.4. The fourth-order valence-corrected chi connectivity index (χ4v) is 3.31. The Morgan fingerprint density at radius 1 is 0.455 bits per heavy atom. The molecule has 0 saturated carbocycles. The van der Waals surface area contributed by atoms with E-state index in [9.17, 15) is 8.78 Å². The molecule has 0 spiro atoms. The predicted octanol–water partition coefficient (Wildman–Crippen LogP) is 3.21. The van der Waals surface area contributed by atoms with E-state index in [0.717, 1.165) is 31.2 Å². The van der Waals surface area contributed by atoms with Crippen molar-refractivity contribution < 1.29 is 14.3 Å². The molecule has 0 atom stereocenters. The molecular weight excluding hydrogens is 548 g/mol. The zero-order valence-electron chi connectivity index (χ0n) is 17.3. The maximum atomic E-state index is 12.7. The second kappa shape index (κ2) is 13.4. The molecule has 0 fully saturated rings. The summed E-state index contributed by atoms with van der Waals surface area (Å²) in [5.74, 6) is 11.6. The molecule has 0 heterocycles. The zero-order valence-corrected chi connectivity index (χ0v) is 20.7. The topological polar surface area (TPSA) is 31.5 Å². The molecule has 2 N–H and O–H groups in total. The van der Waals surface area contributed by atoms with Gasteiger partial charge in [0.25, 0.3) is 0 Å². The molecular formula is C28H18F2OSe2. The first kappa shape index (κ1) is 26.1. The number of hydrogen-bond donors (Lipinski definition) is 0. The Bertz CT molecular complexity index is 1210. The van der Waals surface area contributed by atoms with E-state index < -0.39 is 0 Å². The Labute approximate surface area is 209 Å². The van der Waals surface area contributed by atoms with Crippen LogP contribution in [0.15, 0.2) is 97.1 Å². The normalized spacial score (nSPS) is 9.03. The van der Waals surface area contributed by atoms with Gasteiger partial charge >= 0.3 is 204 Å². The van der Waals surface area contributed by atoms with Crippen molar-refractivity contribution in [2.45, 2.75) is 0 Å². The van der Waals surface area contributed by atoms with Gasteiger partial charge in [-0.05, 0) is 0 Å². The van der Waals surface area contributed by atoms with Crippen LogP contribution in [0.1, 0.15) is 22.3 Å². The predicted molar refractivity (Wildman–Crippen MR) is 132 cm³/mol. The summed E-state index contributed by atoms with van der Waals surface area (Å²) in [5.41, 5.74) is 3.52. The minimum absolute atomic E-state index is 0. The van der Waals surface area contributed by atoms with E-state index >= 15 is 0 Å². The van der Waals surface area contributed by atoms with Gasteiger partial charge < -0.3 is 5.48 Å². The largest absolute Gasteiger partial charge is 0.412 e. The maximum Gasteiger partial charge on any atom is -0.412 e. The van der Waals surface area contributed by atoms with Crippen LogP contribution in [0, 0.1) is 35.3 Å². The van der Waals surface area contributed by atoms with Gasteiger partial charge in [0.05, 0.1) is 0 Å². The van der Waals surface area contributed by atoms with Gasteiger partial charge in [-0.2, -0.15) is 0 Å². The summed E-state index contributed by atoms with van der Waals surface area (Å²) in [6.45, 7) is 0. The Balaban J connectivity index is 0.000000227. The van der Waals surface area contributed by atoms with Crippen LogP contribution in [0.3, 0.4) is 0 Å². The molecule has 5 heteroatoms. The van der Waals surface area contributed by atoms with Crippen LogP contribution >= 0.6 is 0 Å². The minimum atomic E-state index is -0.241. The first-order chi connectivity index (χ1) is 15.5. The van der Waals surface area contributed by atoms with Crippen LogP contribution in [0.5, 0.6) is 0 Å². The van der Waals surface area contributed by atoms with Crippen molar-refractivity contribution in [1.82, 2.24) is 0 Å². The van der Waals surface area contributed by atoms with Gasteiger partial charge in [0, 0.05) is 0 Å². The number of rotatable bonds is 0. The van der Waals surface area contributed by atoms with Crippen LogP contribution in [-0.4, -0.2) is 37.5 Å². The van der Waals surface area contributed by atoms with E-state index in [-0.39, 0.29) is 17.1 Å². The molecule has 1 nitrogen and oxygen atoms in total. The molecule has 33 heavy (non-hydrogen) atoms. The molecule has 0 bridgehead atoms. The molecule has 0 aliphatic heterocycles. The van der Waals surface area contributed by atoms with Crippen molar-refractivity contribution in [3.05, 3.63) is 131 Å². The van der Waals surface area contributed by atoms with Gasteiger partial charge in [0.15, 0.2) is 0 Å². The SMILES string of the molecule is Fc1ccc(C#Cc2ccccc2[Se])cc1.Fc1ccc(C#Cc2ccccc2[Se])cc1.O. The summed E-state index contributed by atoms with van der Waals surface area (Å²) in [6.07, 6.45) is 0. The molecule has 162 valence electrons. The van der Waals surface area contributed by atoms with E-state index in [1.165, 1.54) is 24.3 Å². The molecule has 0 aromatic heterocycles. The van der Waals surface area contributed by atoms with Crippen molar-refractivity contribution in [2.24, 2.45) is 0 Å². The van der Waals surface area contributed by atoms with Gasteiger partial charge in [0.1, 0.15) is 0 Å². The van der Waals surface area contributed by atoms with Crippen LogP contribution in [0.25, 0.3) is 0 Å². The Morgan fingerprint density at radius 2 is 0.788 bits per heavy atom. The average Bonchev–Trinajstić information content (AvgIpc) is 2.81. The van der Waals surface area contributed by atoms with Crippen molar-refractivity contribution in [2.75, 3.05) is 0 Å². The first-order valence-electron chi connectivity index (χ1n) is 9.58. The number of benzene rings is 4. The molecule has 0 aliphatic rings. The molecule has 0 unspecified atom stereocenters. The molecule has 4 aromatic rings. The zero-order chi connectivity index (χ0) is 22.8. The van der Waals surface area contributed by atoms with Crippen molar-refractivity contribution >= 4 is 40.9 Å². The van der Waals surface area contributed by atoms with Gasteiger partial charge in [-0.1, -0.05) is 0 Å². The van der Waals surface area contributed by atoms with Gasteiger partial charge in [-0.3, -0.25) is 0 Å². The van der Waals surface area contributed by atoms with Crippen molar-refractivity contribution in [1.29, 1.82) is 0 Å². The van der Waals surface area contributed by atoms with Crippen LogP contribution in [0.4, 0.5) is 8.78 Å². The third-order valence-electron chi connectivity index (χ3n) is 4.15. The first-order valence-corrected chi connectivity index (χ1v) is 11.3. The number of halogens is 2. The molecule has 0 amide bonds. The summed E-state index contributed by atoms with van der Waals surface area (Å²) in [6, 6.07) is 27.9. The van der Waals surface area contributed by atoms with Crippen LogP contribution < -0.4 is 8.92 Å². The second-order valence-corrected chi connectivity index (χ2v) is 8.35. The minimum Gasteiger partial charge on any atom is -0.412 e. The van der Waals surface area contributed by atoms with Crippen LogP contribution in [-0.2, 0) is 0 Å². The summed E-state index contributed by atoms with van der Waals surface area (Å²) in [4.78, 5) is 0. The standard InChI is InChI=1S/2C14H8FSe.H2O/c2*15-13-9-6-11(7-10-13)5-8-12-3-1-2-4-14(12)16;/h2*1-4,6-7,9-10H;1H2. The van der Waals surface area contributed by atoms with Gasteiger partial charge in [-0.25, -0.2) is 0 Å². The van der Waals surface area contributed by atoms with E-state index in [0.29, 0.717) is 0 Å². The summed E-state index contributed by atoms with van der Waals surface area (Å²) >= 11 is 5.91. The van der Waals surface area contributed by atoms with Crippen molar-refractivity contribution in [3.63, 3.8) is 0 Å². The number of hydrogen-bond acceptors (Lipinski definition) is 0. The Hall–Kier alpha value is -3.14. The monoisotopic (exact) mass is 568 g/mol. The third kappa shape index (κ3) is 8.72. The molecule has 4 rings (SSSR count). The molecule has 0 aliphatic carbocycles. The van der Waals surface area contributed by atoms with Crippen LogP contribution in [0.2, 0.25) is 0 Å². The quantitative estimate of drug-likeness (QED) is 0.232. The van der Waals surface area contributed by atoms with Gasteiger partial charge in [0.2, 0.25) is 0 Å². The summed E-state index contributed by atoms with van der Waals surface area (Å²) in [7, 11) is 0. The summed E-state index contributed by atoms with van der Waals surface area (Å²) in [5, 5.41) is 0. The second-order valence-electron chi connectivity index (χ2n) is 6.51. The smallest absolute Gasteiger partial charge is 0.412 e. The molecule has 2 radical (unpaired) electrons. The van der Waals surface area contributed by atoms with E-state index in [2.05, 4.69) is 55.7 Å². The maximum absolute atomic E-state index is 12.7. The Kier molecular flexibility index (Phi) is 10.6. The van der Waals surface area contributed by atoms with Crippen molar-refractivity contribution in [3.8, 4) is 23.7 Å². The van der Waals surface area contributed by atoms with E-state index in [4.69, 9.17) is 0 Å². The average molecular weight is 566 g/mol. The third-order valence-corrected chi connectivity index (χ3v) is 5.64. The fraction of sp³-hybridized carbons (Fsp3) is 0. The molecule has 0 saturated heterocycles. The van der Waals surface area contributed by atoms with Gasteiger partial charge in [-0.15, -0.1) is 0 Å². The van der Waals surface area contributed by atoms with E-state index in [1.807, 2.05) is 48.5 Å². The Morgan fingerprint density at radius 3 is 1.12 bits per heavy atom.